The highest BCUT2D eigenvalue weighted by Crippen LogP contribution is 2.20. The molecule has 0 atom stereocenters. The second-order valence-corrected chi connectivity index (χ2v) is 6.60. The van der Waals surface area contributed by atoms with E-state index in [-0.39, 0.29) is 10.5 Å². The van der Waals surface area contributed by atoms with Crippen molar-refractivity contribution < 1.29 is 18.3 Å². The van der Waals surface area contributed by atoms with Crippen molar-refractivity contribution in [1.82, 2.24) is 14.8 Å². The molecule has 0 aliphatic heterocycles. The summed E-state index contributed by atoms with van der Waals surface area (Å²) in [6, 6.07) is 1.37. The minimum atomic E-state index is -3.34. The SMILES string of the molecule is CS(=O)(=O)c1cnn(-c2ncc(C(=O)O)cc2Br)c1. The summed E-state index contributed by atoms with van der Waals surface area (Å²) in [5.41, 5.74) is 0.0196. The molecule has 0 bridgehead atoms. The zero-order valence-electron chi connectivity index (χ0n) is 9.61. The Labute approximate surface area is 116 Å². The molecule has 0 radical (unpaired) electrons. The number of halogens is 1. The number of hydrogen-bond acceptors (Lipinski definition) is 5. The molecule has 0 amide bonds. The van der Waals surface area contributed by atoms with Crippen molar-refractivity contribution in [1.29, 1.82) is 0 Å². The van der Waals surface area contributed by atoms with E-state index in [2.05, 4.69) is 26.0 Å². The summed E-state index contributed by atoms with van der Waals surface area (Å²) in [4.78, 5) is 14.8. The summed E-state index contributed by atoms with van der Waals surface area (Å²) in [6.07, 6.45) is 4.76. The second kappa shape index (κ2) is 4.74. The van der Waals surface area contributed by atoms with Crippen LogP contribution in [0, 0.1) is 0 Å². The van der Waals surface area contributed by atoms with Gasteiger partial charge < -0.3 is 5.11 Å². The van der Waals surface area contributed by atoms with Gasteiger partial charge in [-0.15, -0.1) is 0 Å². The highest BCUT2D eigenvalue weighted by Gasteiger charge is 2.14. The van der Waals surface area contributed by atoms with Gasteiger partial charge in [0.15, 0.2) is 15.7 Å². The molecule has 19 heavy (non-hydrogen) atoms. The summed E-state index contributed by atoms with van der Waals surface area (Å²) in [6.45, 7) is 0. The average molecular weight is 346 g/mol. The highest BCUT2D eigenvalue weighted by atomic mass is 79.9. The number of rotatable bonds is 3. The molecule has 0 fully saturated rings. The van der Waals surface area contributed by atoms with Gasteiger partial charge in [0.2, 0.25) is 0 Å². The Morgan fingerprint density at radius 2 is 2.11 bits per heavy atom. The van der Waals surface area contributed by atoms with Crippen LogP contribution in [-0.2, 0) is 9.84 Å². The van der Waals surface area contributed by atoms with Gasteiger partial charge in [-0.05, 0) is 22.0 Å². The molecule has 0 aromatic carbocycles. The molecule has 0 saturated heterocycles. The van der Waals surface area contributed by atoms with Crippen molar-refractivity contribution in [2.45, 2.75) is 4.90 Å². The van der Waals surface area contributed by atoms with Gasteiger partial charge in [0, 0.05) is 12.5 Å². The first-order chi connectivity index (χ1) is 8.79. The summed E-state index contributed by atoms with van der Waals surface area (Å²) in [5, 5.41) is 12.7. The Hall–Kier alpha value is -1.74. The minimum Gasteiger partial charge on any atom is -0.478 e. The van der Waals surface area contributed by atoms with Gasteiger partial charge in [-0.3, -0.25) is 0 Å². The molecule has 0 aliphatic carbocycles. The third-order valence-corrected chi connectivity index (χ3v) is 3.92. The van der Waals surface area contributed by atoms with Gasteiger partial charge in [0.25, 0.3) is 0 Å². The van der Waals surface area contributed by atoms with E-state index in [0.29, 0.717) is 10.3 Å². The van der Waals surface area contributed by atoms with Gasteiger partial charge in [-0.25, -0.2) is 22.9 Å². The van der Waals surface area contributed by atoms with E-state index < -0.39 is 15.8 Å². The monoisotopic (exact) mass is 345 g/mol. The van der Waals surface area contributed by atoms with E-state index in [4.69, 9.17) is 5.11 Å². The van der Waals surface area contributed by atoms with Crippen LogP contribution in [-0.4, -0.2) is 40.5 Å². The quantitative estimate of drug-likeness (QED) is 0.894. The lowest BCUT2D eigenvalue weighted by Crippen LogP contribution is -2.03. The van der Waals surface area contributed by atoms with Crippen molar-refractivity contribution in [2.24, 2.45) is 0 Å². The summed E-state index contributed by atoms with van der Waals surface area (Å²) in [7, 11) is -3.34. The number of nitrogens with zero attached hydrogens (tertiary/aromatic N) is 3. The lowest BCUT2D eigenvalue weighted by atomic mass is 10.3. The van der Waals surface area contributed by atoms with Crippen molar-refractivity contribution in [3.63, 3.8) is 0 Å². The Morgan fingerprint density at radius 1 is 1.42 bits per heavy atom. The first-order valence-electron chi connectivity index (χ1n) is 4.93. The molecule has 0 saturated carbocycles. The van der Waals surface area contributed by atoms with Gasteiger partial charge in [-0.2, -0.15) is 5.10 Å². The summed E-state index contributed by atoms with van der Waals surface area (Å²) >= 11 is 3.18. The third kappa shape index (κ3) is 2.82. The fraction of sp³-hybridized carbons (Fsp3) is 0.100. The zero-order valence-corrected chi connectivity index (χ0v) is 12.0. The number of carbonyl (C=O) groups is 1. The maximum Gasteiger partial charge on any atom is 0.337 e. The topological polar surface area (TPSA) is 102 Å². The first-order valence-corrected chi connectivity index (χ1v) is 7.61. The zero-order chi connectivity index (χ0) is 14.2. The minimum absolute atomic E-state index is 0.0196. The molecular formula is C10H8BrN3O4S. The molecule has 2 aromatic heterocycles. The average Bonchev–Trinajstić information content (AvgIpc) is 2.77. The Balaban J connectivity index is 2.48. The lowest BCUT2D eigenvalue weighted by molar-refractivity contribution is 0.0696. The molecule has 2 aromatic rings. The number of carboxylic acids is 1. The number of aromatic nitrogens is 3. The van der Waals surface area contributed by atoms with Crippen LogP contribution in [0.3, 0.4) is 0 Å². The first kappa shape index (κ1) is 13.7. The molecule has 0 unspecified atom stereocenters. The van der Waals surface area contributed by atoms with Crippen molar-refractivity contribution in [3.05, 3.63) is 34.7 Å². The second-order valence-electron chi connectivity index (χ2n) is 3.73. The molecule has 2 rings (SSSR count). The van der Waals surface area contributed by atoms with Gasteiger partial charge in [0.1, 0.15) is 4.90 Å². The molecule has 1 N–H and O–H groups in total. The normalized spacial score (nSPS) is 11.5. The fourth-order valence-corrected chi connectivity index (χ4v) is 2.39. The number of pyridine rings is 1. The molecule has 9 heteroatoms. The Kier molecular flexibility index (Phi) is 3.42. The smallest absolute Gasteiger partial charge is 0.337 e. The molecule has 100 valence electrons. The Bertz CT molecular complexity index is 754. The predicted octanol–water partition coefficient (Wildman–Crippen LogP) is 1.13. The molecule has 7 nitrogen and oxygen atoms in total. The van der Waals surface area contributed by atoms with Crippen LogP contribution < -0.4 is 0 Å². The van der Waals surface area contributed by atoms with Gasteiger partial charge >= 0.3 is 5.97 Å². The lowest BCUT2D eigenvalue weighted by Gasteiger charge is -2.03. The maximum absolute atomic E-state index is 11.3. The Morgan fingerprint density at radius 3 is 2.58 bits per heavy atom. The van der Waals surface area contributed by atoms with Crippen molar-refractivity contribution >= 4 is 31.7 Å². The molecular weight excluding hydrogens is 338 g/mol. The van der Waals surface area contributed by atoms with Gasteiger partial charge in [-0.1, -0.05) is 0 Å². The third-order valence-electron chi connectivity index (χ3n) is 2.27. The van der Waals surface area contributed by atoms with Crippen LogP contribution >= 0.6 is 15.9 Å². The number of sulfone groups is 1. The van der Waals surface area contributed by atoms with Crippen molar-refractivity contribution in [2.75, 3.05) is 6.26 Å². The predicted molar refractivity (Wildman–Crippen MR) is 69.1 cm³/mol. The van der Waals surface area contributed by atoms with Crippen LogP contribution in [0.1, 0.15) is 10.4 Å². The molecule has 2 heterocycles. The molecule has 0 spiro atoms. The van der Waals surface area contributed by atoms with Crippen LogP contribution in [0.15, 0.2) is 34.0 Å². The van der Waals surface area contributed by atoms with E-state index >= 15 is 0 Å². The van der Waals surface area contributed by atoms with Crippen LogP contribution in [0.25, 0.3) is 5.82 Å². The van der Waals surface area contributed by atoms with Crippen LogP contribution in [0.2, 0.25) is 0 Å². The van der Waals surface area contributed by atoms with Crippen molar-refractivity contribution in [3.8, 4) is 5.82 Å². The molecule has 0 aliphatic rings. The standard InChI is InChI=1S/C10H8BrN3O4S/c1-19(17,18)7-4-13-14(5-7)9-8(11)2-6(3-12-9)10(15)16/h2-5H,1H3,(H,15,16). The maximum atomic E-state index is 11.3. The van der Waals surface area contributed by atoms with E-state index in [0.717, 1.165) is 6.26 Å². The van der Waals surface area contributed by atoms with E-state index in [1.165, 1.54) is 29.3 Å². The van der Waals surface area contributed by atoms with E-state index in [9.17, 15) is 13.2 Å². The fourth-order valence-electron chi connectivity index (χ4n) is 1.33. The van der Waals surface area contributed by atoms with E-state index in [1.807, 2.05) is 0 Å². The number of aromatic carboxylic acids is 1. The van der Waals surface area contributed by atoms with Gasteiger partial charge in [0.05, 0.1) is 22.4 Å². The highest BCUT2D eigenvalue weighted by molar-refractivity contribution is 9.10. The van der Waals surface area contributed by atoms with E-state index in [1.54, 1.807) is 0 Å². The van der Waals surface area contributed by atoms with Crippen LogP contribution in [0.5, 0.6) is 0 Å². The van der Waals surface area contributed by atoms with Crippen LogP contribution in [0.4, 0.5) is 0 Å². The summed E-state index contributed by atoms with van der Waals surface area (Å²) in [5.74, 6) is -0.794. The largest absolute Gasteiger partial charge is 0.478 e. The number of carboxylic acid groups (broad SMARTS) is 1. The number of hydrogen-bond donors (Lipinski definition) is 1. The summed E-state index contributed by atoms with van der Waals surface area (Å²) < 4.78 is 24.3.